The molecule has 2 N–H and O–H groups in total. The summed E-state index contributed by atoms with van der Waals surface area (Å²) in [6, 6.07) is 0. The van der Waals surface area contributed by atoms with Gasteiger partial charge in [-0.05, 0) is 6.08 Å². The van der Waals surface area contributed by atoms with E-state index in [2.05, 4.69) is 5.32 Å². The minimum absolute atomic E-state index is 0.157. The Hall–Kier alpha value is -1.32. The Morgan fingerprint density at radius 2 is 2.44 bits per heavy atom. The van der Waals surface area contributed by atoms with Gasteiger partial charge in [0.25, 0.3) is 5.91 Å². The molecule has 0 bridgehead atoms. The lowest BCUT2D eigenvalue weighted by Gasteiger charge is -1.89. The molecule has 0 unspecified atom stereocenters. The number of nitrogens with one attached hydrogen (secondary N) is 1. The van der Waals surface area contributed by atoms with Crippen LogP contribution in [-0.4, -0.2) is 23.5 Å². The van der Waals surface area contributed by atoms with Crippen LogP contribution in [0.5, 0.6) is 0 Å². The molecule has 9 heavy (non-hydrogen) atoms. The number of carboxylic acids is 1. The van der Waals surface area contributed by atoms with Crippen molar-refractivity contribution < 1.29 is 14.7 Å². The number of rotatable bonds is 1. The van der Waals surface area contributed by atoms with Gasteiger partial charge >= 0.3 is 5.97 Å². The smallest absolute Gasteiger partial charge is 0.341 e. The van der Waals surface area contributed by atoms with Crippen molar-refractivity contribution >= 4 is 11.9 Å². The number of aliphatic carboxylic acids is 1. The third-order valence-electron chi connectivity index (χ3n) is 1.04. The lowest BCUT2D eigenvalue weighted by atomic mass is 10.3. The summed E-state index contributed by atoms with van der Waals surface area (Å²) in [5.74, 6) is -1.66. The number of hydrogen-bond donors (Lipinski definition) is 2. The molecule has 0 saturated heterocycles. The predicted molar refractivity (Wildman–Crippen MR) is 28.7 cm³/mol. The Morgan fingerprint density at radius 3 is 2.67 bits per heavy atom. The van der Waals surface area contributed by atoms with E-state index < -0.39 is 11.9 Å². The van der Waals surface area contributed by atoms with Gasteiger partial charge in [-0.3, -0.25) is 4.79 Å². The first kappa shape index (κ1) is 5.81. The van der Waals surface area contributed by atoms with E-state index in [0.29, 0.717) is 6.54 Å². The third-order valence-corrected chi connectivity index (χ3v) is 1.04. The van der Waals surface area contributed by atoms with Crippen molar-refractivity contribution in [2.75, 3.05) is 6.54 Å². The third kappa shape index (κ3) is 0.910. The van der Waals surface area contributed by atoms with Gasteiger partial charge in [-0.25, -0.2) is 4.79 Å². The van der Waals surface area contributed by atoms with E-state index >= 15 is 0 Å². The number of carbonyl (C=O) groups is 2. The molecule has 4 heteroatoms. The molecule has 48 valence electrons. The van der Waals surface area contributed by atoms with E-state index in [1.807, 2.05) is 0 Å². The van der Waals surface area contributed by atoms with Crippen molar-refractivity contribution in [2.45, 2.75) is 0 Å². The van der Waals surface area contributed by atoms with E-state index in [-0.39, 0.29) is 5.57 Å². The topological polar surface area (TPSA) is 66.4 Å². The van der Waals surface area contributed by atoms with Crippen LogP contribution in [0.15, 0.2) is 11.6 Å². The zero-order valence-electron chi connectivity index (χ0n) is 4.55. The van der Waals surface area contributed by atoms with Gasteiger partial charge in [0.1, 0.15) is 5.57 Å². The number of carbonyl (C=O) groups excluding carboxylic acids is 1. The van der Waals surface area contributed by atoms with Gasteiger partial charge < -0.3 is 10.4 Å². The van der Waals surface area contributed by atoms with Gasteiger partial charge in [-0.15, -0.1) is 0 Å². The van der Waals surface area contributed by atoms with Crippen LogP contribution in [0.2, 0.25) is 0 Å². The molecular formula is C5H5NO3. The summed E-state index contributed by atoms with van der Waals surface area (Å²) in [6.45, 7) is 0.334. The molecule has 0 aromatic rings. The molecule has 1 heterocycles. The highest BCUT2D eigenvalue weighted by molar-refractivity contribution is 6.17. The summed E-state index contributed by atoms with van der Waals surface area (Å²) >= 11 is 0. The number of amides is 1. The first-order chi connectivity index (χ1) is 4.22. The largest absolute Gasteiger partial charge is 0.478 e. The average molecular weight is 127 g/mol. The second-order valence-electron chi connectivity index (χ2n) is 1.63. The SMILES string of the molecule is O=C(O)C1=CCNC1=O. The van der Waals surface area contributed by atoms with E-state index in [0.717, 1.165) is 0 Å². The molecule has 0 saturated carbocycles. The molecule has 0 radical (unpaired) electrons. The molecule has 1 aliphatic rings. The lowest BCUT2D eigenvalue weighted by molar-refractivity contribution is -0.134. The number of carboxylic acid groups (broad SMARTS) is 1. The van der Waals surface area contributed by atoms with Gasteiger partial charge in [-0.2, -0.15) is 0 Å². The predicted octanol–water partition coefficient (Wildman–Crippen LogP) is -0.873. The molecule has 0 aromatic carbocycles. The van der Waals surface area contributed by atoms with Crippen molar-refractivity contribution in [2.24, 2.45) is 0 Å². The minimum Gasteiger partial charge on any atom is -0.478 e. The van der Waals surface area contributed by atoms with Crippen LogP contribution in [-0.2, 0) is 9.59 Å². The Bertz CT molecular complexity index is 194. The van der Waals surface area contributed by atoms with Crippen LogP contribution in [0.4, 0.5) is 0 Å². The normalized spacial score (nSPS) is 16.9. The van der Waals surface area contributed by atoms with Crippen LogP contribution < -0.4 is 5.32 Å². The van der Waals surface area contributed by atoms with Crippen LogP contribution in [0.3, 0.4) is 0 Å². The van der Waals surface area contributed by atoms with E-state index in [9.17, 15) is 9.59 Å². The zero-order chi connectivity index (χ0) is 6.85. The zero-order valence-corrected chi connectivity index (χ0v) is 4.55. The fraction of sp³-hybridized carbons (Fsp3) is 0.200. The highest BCUT2D eigenvalue weighted by Crippen LogP contribution is 1.99. The van der Waals surface area contributed by atoms with Gasteiger partial charge in [0.15, 0.2) is 0 Å². The van der Waals surface area contributed by atoms with E-state index in [1.54, 1.807) is 0 Å². The second kappa shape index (κ2) is 1.89. The Kier molecular flexibility index (Phi) is 1.22. The monoisotopic (exact) mass is 127 g/mol. The van der Waals surface area contributed by atoms with Crippen molar-refractivity contribution in [3.63, 3.8) is 0 Å². The van der Waals surface area contributed by atoms with Gasteiger partial charge in [0.2, 0.25) is 0 Å². The molecular weight excluding hydrogens is 122 g/mol. The fourth-order valence-electron chi connectivity index (χ4n) is 0.618. The molecule has 1 rings (SSSR count). The quantitative estimate of drug-likeness (QED) is 0.450. The summed E-state index contributed by atoms with van der Waals surface area (Å²) in [7, 11) is 0. The maximum Gasteiger partial charge on any atom is 0.341 e. The maximum atomic E-state index is 10.5. The van der Waals surface area contributed by atoms with Crippen LogP contribution in [0.25, 0.3) is 0 Å². The fourth-order valence-corrected chi connectivity index (χ4v) is 0.618. The molecule has 0 fully saturated rings. The van der Waals surface area contributed by atoms with Crippen molar-refractivity contribution in [1.29, 1.82) is 0 Å². The van der Waals surface area contributed by atoms with E-state index in [1.165, 1.54) is 6.08 Å². The standard InChI is InChI=1S/C5H5NO3/c7-4-3(5(8)9)1-2-6-4/h1H,2H2,(H,6,7)(H,8,9). The Morgan fingerprint density at radius 1 is 1.78 bits per heavy atom. The Balaban J connectivity index is 2.80. The maximum absolute atomic E-state index is 10.5. The van der Waals surface area contributed by atoms with Crippen LogP contribution in [0, 0.1) is 0 Å². The molecule has 0 atom stereocenters. The molecule has 1 aliphatic heterocycles. The Labute approximate surface area is 51.2 Å². The van der Waals surface area contributed by atoms with Gasteiger partial charge in [0.05, 0.1) is 0 Å². The van der Waals surface area contributed by atoms with Crippen molar-refractivity contribution in [3.8, 4) is 0 Å². The van der Waals surface area contributed by atoms with Gasteiger partial charge in [0, 0.05) is 6.54 Å². The van der Waals surface area contributed by atoms with E-state index in [4.69, 9.17) is 5.11 Å². The van der Waals surface area contributed by atoms with Crippen molar-refractivity contribution in [3.05, 3.63) is 11.6 Å². The molecule has 0 spiro atoms. The average Bonchev–Trinajstić information content (AvgIpc) is 2.13. The highest BCUT2D eigenvalue weighted by atomic mass is 16.4. The molecule has 1 amide bonds. The van der Waals surface area contributed by atoms with Crippen LogP contribution >= 0.6 is 0 Å². The van der Waals surface area contributed by atoms with Crippen LogP contribution in [0.1, 0.15) is 0 Å². The summed E-state index contributed by atoms with van der Waals surface area (Å²) in [6.07, 6.45) is 1.35. The summed E-state index contributed by atoms with van der Waals surface area (Å²) < 4.78 is 0. The molecule has 0 aromatic heterocycles. The molecule has 4 nitrogen and oxygen atoms in total. The van der Waals surface area contributed by atoms with Crippen molar-refractivity contribution in [1.82, 2.24) is 5.32 Å². The summed E-state index contributed by atoms with van der Waals surface area (Å²) in [5, 5.41) is 10.6. The first-order valence-electron chi connectivity index (χ1n) is 2.43. The highest BCUT2D eigenvalue weighted by Gasteiger charge is 2.20. The first-order valence-corrected chi connectivity index (χ1v) is 2.43. The lowest BCUT2D eigenvalue weighted by Crippen LogP contribution is -2.20. The molecule has 0 aliphatic carbocycles. The summed E-state index contributed by atoms with van der Waals surface area (Å²) in [5.41, 5.74) is -0.157. The minimum atomic E-state index is -1.16. The second-order valence-corrected chi connectivity index (χ2v) is 1.63. The summed E-state index contributed by atoms with van der Waals surface area (Å²) in [4.78, 5) is 20.5. The van der Waals surface area contributed by atoms with Gasteiger partial charge in [-0.1, -0.05) is 0 Å². The number of hydrogen-bond acceptors (Lipinski definition) is 2.